The van der Waals surface area contributed by atoms with Crippen molar-refractivity contribution in [3.8, 4) is 0 Å². The van der Waals surface area contributed by atoms with Crippen LogP contribution in [-0.2, 0) is 4.79 Å². The van der Waals surface area contributed by atoms with Gasteiger partial charge in [0, 0.05) is 10.7 Å². The summed E-state index contributed by atoms with van der Waals surface area (Å²) in [6, 6.07) is 5.15. The fraction of sp³-hybridized carbons (Fsp3) is 0.364. The highest BCUT2D eigenvalue weighted by molar-refractivity contribution is 6.30. The van der Waals surface area contributed by atoms with E-state index in [4.69, 9.17) is 17.4 Å². The van der Waals surface area contributed by atoms with Crippen LogP contribution in [0.2, 0.25) is 5.02 Å². The lowest BCUT2D eigenvalue weighted by Gasteiger charge is -2.18. The second-order valence-electron chi connectivity index (χ2n) is 3.57. The van der Waals surface area contributed by atoms with Gasteiger partial charge in [-0.1, -0.05) is 18.5 Å². The van der Waals surface area contributed by atoms with Gasteiger partial charge in [0.15, 0.2) is 0 Å². The minimum Gasteiger partial charge on any atom is -0.373 e. The Balaban J connectivity index is 2.82. The van der Waals surface area contributed by atoms with Crippen molar-refractivity contribution in [2.45, 2.75) is 26.3 Å². The number of amides is 1. The summed E-state index contributed by atoms with van der Waals surface area (Å²) < 4.78 is 0. The summed E-state index contributed by atoms with van der Waals surface area (Å²) in [6.45, 7) is 3.85. The molecule has 88 valence electrons. The number of nitrogens with one attached hydrogen (secondary N) is 2. The number of benzene rings is 1. The third kappa shape index (κ3) is 3.12. The first kappa shape index (κ1) is 12.8. The van der Waals surface area contributed by atoms with E-state index >= 15 is 0 Å². The number of anilines is 1. The number of hydrogen-bond donors (Lipinski definition) is 3. The molecule has 0 aliphatic heterocycles. The largest absolute Gasteiger partial charge is 0.373 e. The lowest BCUT2D eigenvalue weighted by Crippen LogP contribution is -2.42. The van der Waals surface area contributed by atoms with E-state index in [1.165, 1.54) is 0 Å². The van der Waals surface area contributed by atoms with Crippen LogP contribution in [-0.4, -0.2) is 11.9 Å². The summed E-state index contributed by atoms with van der Waals surface area (Å²) in [4.78, 5) is 11.4. The maximum atomic E-state index is 11.4. The van der Waals surface area contributed by atoms with Gasteiger partial charge in [-0.05, 0) is 37.1 Å². The minimum atomic E-state index is -0.329. The zero-order valence-corrected chi connectivity index (χ0v) is 10.1. The smallest absolute Gasteiger partial charge is 0.256 e. The van der Waals surface area contributed by atoms with Gasteiger partial charge in [0.2, 0.25) is 0 Å². The molecule has 0 aliphatic rings. The molecule has 1 rings (SSSR count). The van der Waals surface area contributed by atoms with E-state index in [9.17, 15) is 4.79 Å². The van der Waals surface area contributed by atoms with Gasteiger partial charge >= 0.3 is 0 Å². The predicted molar refractivity (Wildman–Crippen MR) is 66.2 cm³/mol. The average Bonchev–Trinajstić information content (AvgIpc) is 2.27. The molecule has 0 unspecified atom stereocenters. The number of rotatable bonds is 4. The standard InChI is InChI=1S/C11H16ClN3O/c1-3-9(11(16)15-13)14-10-5-4-8(12)6-7(10)2/h4-6,9,14H,3,13H2,1-2H3,(H,15,16)/t9-/m0/s1. The van der Waals surface area contributed by atoms with Gasteiger partial charge < -0.3 is 5.32 Å². The lowest BCUT2D eigenvalue weighted by molar-refractivity contribution is -0.121. The molecular formula is C11H16ClN3O. The van der Waals surface area contributed by atoms with Crippen LogP contribution in [0.25, 0.3) is 0 Å². The number of carbonyl (C=O) groups is 1. The highest BCUT2D eigenvalue weighted by atomic mass is 35.5. The highest BCUT2D eigenvalue weighted by Crippen LogP contribution is 2.20. The Morgan fingerprint density at radius 3 is 2.75 bits per heavy atom. The van der Waals surface area contributed by atoms with E-state index in [1.54, 1.807) is 6.07 Å². The first-order chi connectivity index (χ1) is 7.58. The van der Waals surface area contributed by atoms with E-state index in [0.29, 0.717) is 11.4 Å². The fourth-order valence-corrected chi connectivity index (χ4v) is 1.66. The van der Waals surface area contributed by atoms with Gasteiger partial charge in [0.1, 0.15) is 6.04 Å². The van der Waals surface area contributed by atoms with Crippen LogP contribution in [0.1, 0.15) is 18.9 Å². The maximum Gasteiger partial charge on any atom is 0.256 e. The second-order valence-corrected chi connectivity index (χ2v) is 4.01. The zero-order valence-electron chi connectivity index (χ0n) is 9.38. The van der Waals surface area contributed by atoms with Gasteiger partial charge in [-0.2, -0.15) is 0 Å². The molecule has 0 spiro atoms. The predicted octanol–water partition coefficient (Wildman–Crippen LogP) is 1.83. The van der Waals surface area contributed by atoms with Crippen molar-refractivity contribution in [2.75, 3.05) is 5.32 Å². The van der Waals surface area contributed by atoms with E-state index in [2.05, 4.69) is 10.7 Å². The molecule has 4 N–H and O–H groups in total. The molecule has 5 heteroatoms. The number of nitrogens with two attached hydrogens (primary N) is 1. The zero-order chi connectivity index (χ0) is 12.1. The van der Waals surface area contributed by atoms with Crippen molar-refractivity contribution in [3.63, 3.8) is 0 Å². The van der Waals surface area contributed by atoms with Gasteiger partial charge in [0.05, 0.1) is 0 Å². The van der Waals surface area contributed by atoms with Crippen LogP contribution in [0.3, 0.4) is 0 Å². The van der Waals surface area contributed by atoms with Crippen molar-refractivity contribution >= 4 is 23.2 Å². The summed E-state index contributed by atoms with van der Waals surface area (Å²) in [5, 5.41) is 3.80. The van der Waals surface area contributed by atoms with Crippen molar-refractivity contribution in [2.24, 2.45) is 5.84 Å². The molecule has 1 aromatic carbocycles. The lowest BCUT2D eigenvalue weighted by atomic mass is 10.1. The summed E-state index contributed by atoms with van der Waals surface area (Å²) in [7, 11) is 0. The third-order valence-electron chi connectivity index (χ3n) is 2.39. The number of halogens is 1. The Bertz CT molecular complexity index is 381. The van der Waals surface area contributed by atoms with E-state index < -0.39 is 0 Å². The number of hydrogen-bond acceptors (Lipinski definition) is 3. The fourth-order valence-electron chi connectivity index (χ4n) is 1.43. The van der Waals surface area contributed by atoms with Crippen LogP contribution in [0.15, 0.2) is 18.2 Å². The van der Waals surface area contributed by atoms with Gasteiger partial charge in [0.25, 0.3) is 5.91 Å². The molecule has 0 heterocycles. The number of aryl methyl sites for hydroxylation is 1. The Labute approximate surface area is 100 Å². The monoisotopic (exact) mass is 241 g/mol. The maximum absolute atomic E-state index is 11.4. The molecule has 0 bridgehead atoms. The van der Waals surface area contributed by atoms with Crippen molar-refractivity contribution in [3.05, 3.63) is 28.8 Å². The highest BCUT2D eigenvalue weighted by Gasteiger charge is 2.15. The first-order valence-corrected chi connectivity index (χ1v) is 5.49. The molecule has 0 aliphatic carbocycles. The molecule has 0 saturated heterocycles. The Morgan fingerprint density at radius 1 is 1.56 bits per heavy atom. The van der Waals surface area contributed by atoms with Crippen LogP contribution < -0.4 is 16.6 Å². The molecule has 1 atom stereocenters. The quantitative estimate of drug-likeness (QED) is 0.428. The molecule has 4 nitrogen and oxygen atoms in total. The average molecular weight is 242 g/mol. The molecule has 0 radical (unpaired) electrons. The summed E-state index contributed by atoms with van der Waals surface area (Å²) in [5.41, 5.74) is 4.02. The first-order valence-electron chi connectivity index (χ1n) is 5.11. The van der Waals surface area contributed by atoms with Gasteiger partial charge in [-0.3, -0.25) is 10.2 Å². The molecular weight excluding hydrogens is 226 g/mol. The Hall–Kier alpha value is -1.26. The summed E-state index contributed by atoms with van der Waals surface area (Å²) in [6.07, 6.45) is 0.658. The molecule has 0 saturated carbocycles. The molecule has 1 aromatic rings. The van der Waals surface area contributed by atoms with Crippen LogP contribution in [0.4, 0.5) is 5.69 Å². The number of hydrazine groups is 1. The minimum absolute atomic E-state index is 0.225. The topological polar surface area (TPSA) is 67.2 Å². The third-order valence-corrected chi connectivity index (χ3v) is 2.62. The number of carbonyl (C=O) groups excluding carboxylic acids is 1. The van der Waals surface area contributed by atoms with Crippen molar-refractivity contribution in [1.29, 1.82) is 0 Å². The molecule has 0 fully saturated rings. The van der Waals surface area contributed by atoms with Crippen LogP contribution in [0, 0.1) is 6.92 Å². The van der Waals surface area contributed by atoms with Gasteiger partial charge in [-0.15, -0.1) is 0 Å². The van der Waals surface area contributed by atoms with Gasteiger partial charge in [-0.25, -0.2) is 5.84 Å². The van der Waals surface area contributed by atoms with Crippen molar-refractivity contribution in [1.82, 2.24) is 5.43 Å². The second kappa shape index (κ2) is 5.72. The van der Waals surface area contributed by atoms with Crippen LogP contribution >= 0.6 is 11.6 Å². The van der Waals surface area contributed by atoms with E-state index in [0.717, 1.165) is 11.3 Å². The van der Waals surface area contributed by atoms with E-state index in [-0.39, 0.29) is 11.9 Å². The molecule has 0 aromatic heterocycles. The van der Waals surface area contributed by atoms with E-state index in [1.807, 2.05) is 26.0 Å². The molecule has 1 amide bonds. The Kier molecular flexibility index (Phi) is 4.58. The summed E-state index contributed by atoms with van der Waals surface area (Å²) in [5.74, 6) is 4.88. The molecule has 16 heavy (non-hydrogen) atoms. The Morgan fingerprint density at radius 2 is 2.25 bits per heavy atom. The van der Waals surface area contributed by atoms with Crippen molar-refractivity contribution < 1.29 is 4.79 Å². The van der Waals surface area contributed by atoms with Crippen LogP contribution in [0.5, 0.6) is 0 Å². The normalized spacial score (nSPS) is 12.0. The summed E-state index contributed by atoms with van der Waals surface area (Å²) >= 11 is 5.85. The SMILES string of the molecule is CC[C@H](Nc1ccc(Cl)cc1C)C(=O)NN.